The van der Waals surface area contributed by atoms with Gasteiger partial charge in [0.1, 0.15) is 0 Å². The maximum atomic E-state index is 5.93. The van der Waals surface area contributed by atoms with E-state index in [9.17, 15) is 0 Å². The summed E-state index contributed by atoms with van der Waals surface area (Å²) in [6.07, 6.45) is 2.44. The standard InChI is InChI=1S/C12H25N3O/c1-10(2)11-7-12(8-11,9-13)14-15-3-5-16-6-4-15/h10-11,14H,3-9,13H2,1-2H3. The van der Waals surface area contributed by atoms with Crippen LogP contribution in [0.25, 0.3) is 0 Å². The van der Waals surface area contributed by atoms with Crippen molar-refractivity contribution in [1.82, 2.24) is 10.4 Å². The first kappa shape index (κ1) is 12.3. The Labute approximate surface area is 98.5 Å². The van der Waals surface area contributed by atoms with Crippen molar-refractivity contribution in [2.45, 2.75) is 32.2 Å². The molecule has 1 heterocycles. The van der Waals surface area contributed by atoms with E-state index in [-0.39, 0.29) is 5.54 Å². The molecule has 2 aliphatic rings. The van der Waals surface area contributed by atoms with E-state index < -0.39 is 0 Å². The van der Waals surface area contributed by atoms with Crippen molar-refractivity contribution in [2.75, 3.05) is 32.8 Å². The molecule has 1 aliphatic carbocycles. The van der Waals surface area contributed by atoms with Crippen LogP contribution >= 0.6 is 0 Å². The third-order valence-electron chi connectivity index (χ3n) is 4.05. The van der Waals surface area contributed by atoms with E-state index in [1.807, 2.05) is 0 Å². The van der Waals surface area contributed by atoms with Gasteiger partial charge < -0.3 is 10.5 Å². The third-order valence-corrected chi connectivity index (χ3v) is 4.05. The maximum absolute atomic E-state index is 5.93. The van der Waals surface area contributed by atoms with Crippen LogP contribution in [0.15, 0.2) is 0 Å². The second-order valence-electron chi connectivity index (χ2n) is 5.61. The van der Waals surface area contributed by atoms with Gasteiger partial charge in [-0.2, -0.15) is 0 Å². The molecule has 16 heavy (non-hydrogen) atoms. The topological polar surface area (TPSA) is 50.5 Å². The first-order valence-electron chi connectivity index (χ1n) is 6.46. The summed E-state index contributed by atoms with van der Waals surface area (Å²) in [6, 6.07) is 0. The van der Waals surface area contributed by atoms with E-state index >= 15 is 0 Å². The van der Waals surface area contributed by atoms with E-state index in [1.165, 1.54) is 12.8 Å². The van der Waals surface area contributed by atoms with Crippen molar-refractivity contribution in [2.24, 2.45) is 17.6 Å². The maximum Gasteiger partial charge on any atom is 0.0608 e. The Balaban J connectivity index is 1.82. The number of nitrogens with one attached hydrogen (secondary N) is 1. The van der Waals surface area contributed by atoms with Crippen LogP contribution < -0.4 is 11.2 Å². The zero-order chi connectivity index (χ0) is 11.6. The Morgan fingerprint density at radius 3 is 2.50 bits per heavy atom. The van der Waals surface area contributed by atoms with Gasteiger partial charge in [0.15, 0.2) is 0 Å². The van der Waals surface area contributed by atoms with Gasteiger partial charge in [-0.25, -0.2) is 10.4 Å². The molecule has 1 saturated carbocycles. The summed E-state index contributed by atoms with van der Waals surface area (Å²) in [7, 11) is 0. The average Bonchev–Trinajstić information content (AvgIpc) is 2.24. The second-order valence-corrected chi connectivity index (χ2v) is 5.61. The second kappa shape index (κ2) is 5.00. The summed E-state index contributed by atoms with van der Waals surface area (Å²) in [5, 5.41) is 2.28. The highest BCUT2D eigenvalue weighted by Crippen LogP contribution is 2.41. The first-order valence-corrected chi connectivity index (χ1v) is 6.46. The van der Waals surface area contributed by atoms with Crippen molar-refractivity contribution < 1.29 is 4.74 Å². The van der Waals surface area contributed by atoms with Gasteiger partial charge >= 0.3 is 0 Å². The minimum absolute atomic E-state index is 0.173. The highest BCUT2D eigenvalue weighted by molar-refractivity contribution is 5.02. The fourth-order valence-corrected chi connectivity index (χ4v) is 2.73. The van der Waals surface area contributed by atoms with Crippen LogP contribution in [-0.2, 0) is 4.74 Å². The lowest BCUT2D eigenvalue weighted by Gasteiger charge is -2.52. The summed E-state index contributed by atoms with van der Waals surface area (Å²) in [4.78, 5) is 0. The highest BCUT2D eigenvalue weighted by atomic mass is 16.5. The van der Waals surface area contributed by atoms with Gasteiger partial charge in [-0.05, 0) is 24.7 Å². The van der Waals surface area contributed by atoms with Gasteiger partial charge in [0, 0.05) is 25.2 Å². The fourth-order valence-electron chi connectivity index (χ4n) is 2.73. The first-order chi connectivity index (χ1) is 7.65. The predicted molar refractivity (Wildman–Crippen MR) is 64.9 cm³/mol. The lowest BCUT2D eigenvalue weighted by Crippen LogP contribution is -2.66. The molecule has 0 unspecified atom stereocenters. The molecule has 1 saturated heterocycles. The number of hydrazine groups is 1. The molecule has 0 atom stereocenters. The molecule has 0 bridgehead atoms. The largest absolute Gasteiger partial charge is 0.379 e. The van der Waals surface area contributed by atoms with E-state index in [1.54, 1.807) is 0 Å². The Bertz CT molecular complexity index is 220. The molecule has 0 spiro atoms. The number of hydrogen-bond donors (Lipinski definition) is 2. The van der Waals surface area contributed by atoms with Crippen LogP contribution in [0.5, 0.6) is 0 Å². The monoisotopic (exact) mass is 227 g/mol. The fraction of sp³-hybridized carbons (Fsp3) is 1.00. The molecule has 4 nitrogen and oxygen atoms in total. The van der Waals surface area contributed by atoms with Gasteiger partial charge in [-0.15, -0.1) is 0 Å². The quantitative estimate of drug-likeness (QED) is 0.738. The molecule has 3 N–H and O–H groups in total. The molecule has 1 aliphatic heterocycles. The summed E-state index contributed by atoms with van der Waals surface area (Å²) < 4.78 is 5.35. The molecule has 0 aromatic carbocycles. The van der Waals surface area contributed by atoms with Crippen LogP contribution in [0.2, 0.25) is 0 Å². The summed E-state index contributed by atoms with van der Waals surface area (Å²) in [6.45, 7) is 8.98. The van der Waals surface area contributed by atoms with Gasteiger partial charge in [-0.1, -0.05) is 13.8 Å². The van der Waals surface area contributed by atoms with E-state index in [0.29, 0.717) is 0 Å². The van der Waals surface area contributed by atoms with E-state index in [2.05, 4.69) is 24.3 Å². The Morgan fingerprint density at radius 1 is 1.38 bits per heavy atom. The third kappa shape index (κ3) is 2.56. The molecule has 0 aromatic heterocycles. The number of nitrogens with two attached hydrogens (primary N) is 1. The zero-order valence-corrected chi connectivity index (χ0v) is 10.5. The summed E-state index contributed by atoms with van der Waals surface area (Å²) in [5.41, 5.74) is 9.73. The van der Waals surface area contributed by atoms with Crippen LogP contribution in [-0.4, -0.2) is 43.4 Å². The number of ether oxygens (including phenoxy) is 1. The molecule has 4 heteroatoms. The Morgan fingerprint density at radius 2 is 2.00 bits per heavy atom. The van der Waals surface area contributed by atoms with Crippen molar-refractivity contribution in [3.8, 4) is 0 Å². The number of rotatable bonds is 4. The zero-order valence-electron chi connectivity index (χ0n) is 10.5. The van der Waals surface area contributed by atoms with Crippen molar-refractivity contribution in [3.63, 3.8) is 0 Å². The van der Waals surface area contributed by atoms with E-state index in [4.69, 9.17) is 10.5 Å². The number of hydrogen-bond acceptors (Lipinski definition) is 4. The molecule has 2 fully saturated rings. The van der Waals surface area contributed by atoms with E-state index in [0.717, 1.165) is 44.7 Å². The lowest BCUT2D eigenvalue weighted by atomic mass is 9.64. The van der Waals surface area contributed by atoms with Crippen LogP contribution in [0.3, 0.4) is 0 Å². The summed E-state index contributed by atoms with van der Waals surface area (Å²) in [5.74, 6) is 1.63. The van der Waals surface area contributed by atoms with Crippen LogP contribution in [0.1, 0.15) is 26.7 Å². The SMILES string of the molecule is CC(C)C1CC(CN)(NN2CCOCC2)C1. The molecular weight excluding hydrogens is 202 g/mol. The average molecular weight is 227 g/mol. The van der Waals surface area contributed by atoms with Gasteiger partial charge in [0.25, 0.3) is 0 Å². The highest BCUT2D eigenvalue weighted by Gasteiger charge is 2.45. The minimum Gasteiger partial charge on any atom is -0.379 e. The smallest absolute Gasteiger partial charge is 0.0608 e. The number of morpholine rings is 1. The Kier molecular flexibility index (Phi) is 3.85. The summed E-state index contributed by atoms with van der Waals surface area (Å²) >= 11 is 0. The van der Waals surface area contributed by atoms with Crippen molar-refractivity contribution in [3.05, 3.63) is 0 Å². The van der Waals surface area contributed by atoms with Gasteiger partial charge in [0.2, 0.25) is 0 Å². The van der Waals surface area contributed by atoms with Crippen molar-refractivity contribution in [1.29, 1.82) is 0 Å². The van der Waals surface area contributed by atoms with Crippen molar-refractivity contribution >= 4 is 0 Å². The van der Waals surface area contributed by atoms with Crippen LogP contribution in [0, 0.1) is 11.8 Å². The number of nitrogens with zero attached hydrogens (tertiary/aromatic N) is 1. The predicted octanol–water partition coefficient (Wildman–Crippen LogP) is 0.587. The normalized spacial score (nSPS) is 36.4. The lowest BCUT2D eigenvalue weighted by molar-refractivity contribution is -0.0485. The molecule has 0 aromatic rings. The molecule has 0 radical (unpaired) electrons. The molecular formula is C12H25N3O. The van der Waals surface area contributed by atoms with Gasteiger partial charge in [-0.3, -0.25) is 0 Å². The molecule has 94 valence electrons. The molecule has 2 rings (SSSR count). The van der Waals surface area contributed by atoms with Crippen LogP contribution in [0.4, 0.5) is 0 Å². The minimum atomic E-state index is 0.173. The molecule has 0 amide bonds. The Hall–Kier alpha value is -0.160. The van der Waals surface area contributed by atoms with Gasteiger partial charge in [0.05, 0.1) is 13.2 Å².